The first-order valence-corrected chi connectivity index (χ1v) is 7.40. The van der Waals surface area contributed by atoms with Crippen LogP contribution in [0.2, 0.25) is 0 Å². The Hall–Kier alpha value is -3.13. The summed E-state index contributed by atoms with van der Waals surface area (Å²) in [5.74, 6) is 4.54. The quantitative estimate of drug-likeness (QED) is 0.461. The van der Waals surface area contributed by atoms with Crippen molar-refractivity contribution in [2.24, 2.45) is 5.10 Å². The van der Waals surface area contributed by atoms with Crippen molar-refractivity contribution in [1.29, 1.82) is 0 Å². The fourth-order valence-electron chi connectivity index (χ4n) is 2.08. The molecule has 0 amide bonds. The predicted octanol–water partition coefficient (Wildman–Crippen LogP) is 2.84. The number of hydrogen-bond acceptors (Lipinski definition) is 5. The van der Waals surface area contributed by atoms with E-state index >= 15 is 0 Å². The highest BCUT2D eigenvalue weighted by molar-refractivity contribution is 5.83. The lowest BCUT2D eigenvalue weighted by molar-refractivity contribution is 0.354. The minimum Gasteiger partial charge on any atom is -0.493 e. The molecule has 0 atom stereocenters. The molecule has 0 bridgehead atoms. The molecule has 0 fully saturated rings. The van der Waals surface area contributed by atoms with Crippen molar-refractivity contribution in [3.8, 4) is 29.6 Å². The highest BCUT2D eigenvalue weighted by Gasteiger charge is 2.04. The first-order valence-electron chi connectivity index (χ1n) is 7.40. The molecular weight excluding hydrogens is 304 g/mol. The Morgan fingerprint density at radius 2 is 1.88 bits per heavy atom. The van der Waals surface area contributed by atoms with Gasteiger partial charge in [0.2, 0.25) is 0 Å². The van der Waals surface area contributed by atoms with E-state index in [-0.39, 0.29) is 6.61 Å². The maximum absolute atomic E-state index is 5.47. The molecule has 5 nitrogen and oxygen atoms in total. The topological polar surface area (TPSA) is 52.1 Å². The third-order valence-electron chi connectivity index (χ3n) is 3.26. The highest BCUT2D eigenvalue weighted by Crippen LogP contribution is 2.27. The summed E-state index contributed by atoms with van der Waals surface area (Å²) in [5.41, 5.74) is 4.88. The monoisotopic (exact) mass is 324 g/mol. The third-order valence-corrected chi connectivity index (χ3v) is 3.26. The van der Waals surface area contributed by atoms with Crippen molar-refractivity contribution in [3.63, 3.8) is 0 Å². The van der Waals surface area contributed by atoms with Crippen LogP contribution in [0, 0.1) is 12.3 Å². The van der Waals surface area contributed by atoms with E-state index in [0.717, 1.165) is 11.1 Å². The van der Waals surface area contributed by atoms with Gasteiger partial charge in [-0.25, -0.2) is 0 Å². The number of para-hydroxylation sites is 1. The highest BCUT2D eigenvalue weighted by atomic mass is 16.5. The van der Waals surface area contributed by atoms with E-state index in [1.807, 2.05) is 42.5 Å². The maximum Gasteiger partial charge on any atom is 0.161 e. The Bertz CT molecular complexity index is 736. The number of nitrogens with one attached hydrogen (secondary N) is 1. The molecule has 0 saturated carbocycles. The average molecular weight is 324 g/mol. The van der Waals surface area contributed by atoms with E-state index in [4.69, 9.17) is 20.6 Å². The second-order valence-corrected chi connectivity index (χ2v) is 4.81. The van der Waals surface area contributed by atoms with E-state index in [9.17, 15) is 0 Å². The van der Waals surface area contributed by atoms with Crippen LogP contribution in [0.15, 0.2) is 47.6 Å². The Labute approximate surface area is 142 Å². The van der Waals surface area contributed by atoms with E-state index in [1.165, 1.54) is 0 Å². The number of hydrazone groups is 1. The summed E-state index contributed by atoms with van der Waals surface area (Å²) in [6.07, 6.45) is 6.92. The number of ether oxygens (including phenoxy) is 3. The van der Waals surface area contributed by atoms with Crippen molar-refractivity contribution in [2.75, 3.05) is 20.8 Å². The molecule has 5 heteroatoms. The van der Waals surface area contributed by atoms with E-state index in [0.29, 0.717) is 23.8 Å². The Kier molecular flexibility index (Phi) is 6.54. The lowest BCUT2D eigenvalue weighted by Gasteiger charge is -2.09. The van der Waals surface area contributed by atoms with Gasteiger partial charge in [0.05, 0.1) is 27.0 Å². The van der Waals surface area contributed by atoms with Gasteiger partial charge < -0.3 is 19.6 Å². The van der Waals surface area contributed by atoms with E-state index in [1.54, 1.807) is 20.4 Å². The summed E-state index contributed by atoms with van der Waals surface area (Å²) >= 11 is 0. The number of benzene rings is 2. The summed E-state index contributed by atoms with van der Waals surface area (Å²) in [6.45, 7) is 0.786. The fraction of sp³-hybridized carbons (Fsp3) is 0.211. The minimum atomic E-state index is 0.226. The first kappa shape index (κ1) is 17.2. The smallest absolute Gasteiger partial charge is 0.161 e. The summed E-state index contributed by atoms with van der Waals surface area (Å²) in [6, 6.07) is 13.3. The van der Waals surface area contributed by atoms with Crippen LogP contribution >= 0.6 is 0 Å². The normalized spacial score (nSPS) is 10.2. The summed E-state index contributed by atoms with van der Waals surface area (Å²) in [5, 5.41) is 4.22. The molecule has 124 valence electrons. The number of hydrogen-bond donors (Lipinski definition) is 1. The van der Waals surface area contributed by atoms with E-state index < -0.39 is 0 Å². The van der Waals surface area contributed by atoms with Crippen LogP contribution in [-0.4, -0.2) is 27.0 Å². The molecule has 0 aliphatic rings. The maximum atomic E-state index is 5.47. The van der Waals surface area contributed by atoms with Gasteiger partial charge in [0.1, 0.15) is 12.4 Å². The summed E-state index contributed by atoms with van der Waals surface area (Å²) in [7, 11) is 3.22. The minimum absolute atomic E-state index is 0.226. The molecule has 2 aromatic rings. The van der Waals surface area contributed by atoms with Gasteiger partial charge in [0.25, 0.3) is 0 Å². The van der Waals surface area contributed by atoms with Gasteiger partial charge in [0, 0.05) is 5.56 Å². The molecule has 24 heavy (non-hydrogen) atoms. The van der Waals surface area contributed by atoms with Gasteiger partial charge in [-0.05, 0) is 29.8 Å². The second kappa shape index (κ2) is 9.11. The van der Waals surface area contributed by atoms with Crippen LogP contribution in [0.4, 0.5) is 0 Å². The Morgan fingerprint density at radius 3 is 2.62 bits per heavy atom. The molecule has 0 spiro atoms. The lowest BCUT2D eigenvalue weighted by atomic mass is 10.2. The standard InChI is InChI=1S/C19H20N2O3/c1-4-11-24-17-8-6-5-7-16(17)14-21-20-13-15-9-10-18(22-2)19(12-15)23-3/h1,5-10,12,14,20H,11,13H2,2-3H3/b21-14+. The predicted molar refractivity (Wildman–Crippen MR) is 94.7 cm³/mol. The molecule has 2 rings (SSSR count). The second-order valence-electron chi connectivity index (χ2n) is 4.81. The molecule has 2 aromatic carbocycles. The molecule has 0 aliphatic carbocycles. The zero-order chi connectivity index (χ0) is 17.2. The van der Waals surface area contributed by atoms with Gasteiger partial charge in [-0.2, -0.15) is 5.10 Å². The van der Waals surface area contributed by atoms with Crippen molar-refractivity contribution in [3.05, 3.63) is 53.6 Å². The lowest BCUT2D eigenvalue weighted by Crippen LogP contribution is -2.06. The molecule has 1 N–H and O–H groups in total. The van der Waals surface area contributed by atoms with Crippen LogP contribution in [0.5, 0.6) is 17.2 Å². The molecule has 0 heterocycles. The van der Waals surface area contributed by atoms with Crippen LogP contribution in [0.3, 0.4) is 0 Å². The zero-order valence-corrected chi connectivity index (χ0v) is 13.8. The molecule has 0 aliphatic heterocycles. The van der Waals surface area contributed by atoms with Crippen molar-refractivity contribution in [1.82, 2.24) is 5.43 Å². The molecule has 0 aromatic heterocycles. The van der Waals surface area contributed by atoms with Gasteiger partial charge in [0.15, 0.2) is 11.5 Å². The number of methoxy groups -OCH3 is 2. The molecule has 0 unspecified atom stereocenters. The molecule has 0 radical (unpaired) electrons. The van der Waals surface area contributed by atoms with Crippen LogP contribution in [0.25, 0.3) is 0 Å². The van der Waals surface area contributed by atoms with Crippen LogP contribution in [-0.2, 0) is 6.54 Å². The summed E-state index contributed by atoms with van der Waals surface area (Å²) in [4.78, 5) is 0. The summed E-state index contributed by atoms with van der Waals surface area (Å²) < 4.78 is 16.0. The first-order chi connectivity index (χ1) is 11.8. The number of terminal acetylenes is 1. The van der Waals surface area contributed by atoms with E-state index in [2.05, 4.69) is 16.4 Å². The van der Waals surface area contributed by atoms with Gasteiger partial charge in [-0.1, -0.05) is 24.1 Å². The molecular formula is C19H20N2O3. The third kappa shape index (κ3) is 4.68. The van der Waals surface area contributed by atoms with Gasteiger partial charge in [-0.15, -0.1) is 6.42 Å². The van der Waals surface area contributed by atoms with Crippen molar-refractivity contribution < 1.29 is 14.2 Å². The van der Waals surface area contributed by atoms with Crippen molar-refractivity contribution in [2.45, 2.75) is 6.54 Å². The van der Waals surface area contributed by atoms with Crippen LogP contribution < -0.4 is 19.6 Å². The number of nitrogens with zero attached hydrogens (tertiary/aromatic N) is 1. The molecule has 0 saturated heterocycles. The van der Waals surface area contributed by atoms with Gasteiger partial charge in [-0.3, -0.25) is 0 Å². The van der Waals surface area contributed by atoms with Crippen LogP contribution in [0.1, 0.15) is 11.1 Å². The average Bonchev–Trinajstić information content (AvgIpc) is 2.64. The van der Waals surface area contributed by atoms with Crippen molar-refractivity contribution >= 4 is 6.21 Å². The zero-order valence-electron chi connectivity index (χ0n) is 13.8. The Morgan fingerprint density at radius 1 is 1.08 bits per heavy atom. The number of rotatable bonds is 8. The fourth-order valence-corrected chi connectivity index (χ4v) is 2.08. The Balaban J connectivity index is 1.97. The van der Waals surface area contributed by atoms with Gasteiger partial charge >= 0.3 is 0 Å². The SMILES string of the molecule is C#CCOc1ccccc1/C=N/NCc1ccc(OC)c(OC)c1. The largest absolute Gasteiger partial charge is 0.493 e.